The molecular formula is C14H21N3O2S. The van der Waals surface area contributed by atoms with Crippen molar-refractivity contribution in [2.45, 2.75) is 45.7 Å². The number of oxime groups is 1. The number of hydrogen-bond acceptors (Lipinski definition) is 4. The molecular weight excluding hydrogens is 274 g/mol. The molecule has 0 saturated heterocycles. The molecule has 1 atom stereocenters. The number of amidine groups is 1. The number of rotatable bonds is 6. The highest BCUT2D eigenvalue weighted by Gasteiger charge is 2.44. The molecule has 1 fully saturated rings. The molecule has 1 unspecified atom stereocenters. The second-order valence-corrected chi connectivity index (χ2v) is 6.25. The lowest BCUT2D eigenvalue weighted by molar-refractivity contribution is -0.139. The summed E-state index contributed by atoms with van der Waals surface area (Å²) >= 11 is 1.62. The van der Waals surface area contributed by atoms with Gasteiger partial charge in [0.1, 0.15) is 5.41 Å². The summed E-state index contributed by atoms with van der Waals surface area (Å²) in [6, 6.07) is 2.32. The van der Waals surface area contributed by atoms with Crippen LogP contribution in [-0.2, 0) is 11.3 Å². The number of carbonyl (C=O) groups excluding carboxylic acids is 1. The Bertz CT molecular complexity index is 497. The van der Waals surface area contributed by atoms with Crippen LogP contribution in [0.3, 0.4) is 0 Å². The van der Waals surface area contributed by atoms with Gasteiger partial charge in [-0.15, -0.1) is 0 Å². The zero-order valence-electron chi connectivity index (χ0n) is 11.9. The molecule has 0 aromatic carbocycles. The molecule has 5 nitrogen and oxygen atoms in total. The Kier molecular flexibility index (Phi) is 4.32. The van der Waals surface area contributed by atoms with Gasteiger partial charge in [0.15, 0.2) is 5.84 Å². The Morgan fingerprint density at radius 1 is 1.65 bits per heavy atom. The Labute approximate surface area is 123 Å². The van der Waals surface area contributed by atoms with E-state index in [0.29, 0.717) is 19.0 Å². The molecule has 1 aromatic rings. The van der Waals surface area contributed by atoms with E-state index in [-0.39, 0.29) is 11.7 Å². The summed E-state index contributed by atoms with van der Waals surface area (Å²) < 4.78 is 0. The van der Waals surface area contributed by atoms with Crippen molar-refractivity contribution in [3.8, 4) is 0 Å². The summed E-state index contributed by atoms with van der Waals surface area (Å²) in [5.41, 5.74) is 5.94. The number of carbonyl (C=O) groups is 1. The van der Waals surface area contributed by atoms with Crippen LogP contribution >= 0.6 is 11.3 Å². The van der Waals surface area contributed by atoms with Crippen molar-refractivity contribution in [1.82, 2.24) is 4.90 Å². The molecule has 3 N–H and O–H groups in total. The van der Waals surface area contributed by atoms with Gasteiger partial charge in [-0.3, -0.25) is 4.79 Å². The number of nitrogens with two attached hydrogens (primary N) is 1. The summed E-state index contributed by atoms with van der Waals surface area (Å²) in [4.78, 5) is 14.7. The van der Waals surface area contributed by atoms with E-state index in [1.54, 1.807) is 18.3 Å². The maximum atomic E-state index is 12.9. The molecule has 0 radical (unpaired) electrons. The number of hydrogen-bond donors (Lipinski definition) is 2. The largest absolute Gasteiger partial charge is 0.409 e. The molecule has 0 spiro atoms. The third-order valence-electron chi connectivity index (χ3n) is 4.03. The van der Waals surface area contributed by atoms with Gasteiger partial charge in [-0.25, -0.2) is 0 Å². The normalized spacial score (nSPS) is 18.6. The first-order valence-electron chi connectivity index (χ1n) is 6.83. The number of nitrogens with zero attached hydrogens (tertiary/aromatic N) is 2. The molecule has 1 saturated carbocycles. The average Bonchev–Trinajstić information content (AvgIpc) is 3.18. The minimum Gasteiger partial charge on any atom is -0.409 e. The molecule has 20 heavy (non-hydrogen) atoms. The van der Waals surface area contributed by atoms with Crippen molar-refractivity contribution in [2.24, 2.45) is 16.3 Å². The number of amides is 1. The fraction of sp³-hybridized carbons (Fsp3) is 0.571. The maximum Gasteiger partial charge on any atom is 0.236 e. The smallest absolute Gasteiger partial charge is 0.236 e. The SMILES string of the molecule is CCC(C)(C(=O)N(Cc1ccsc1)C1CC1)/C(N)=N/O. The fourth-order valence-electron chi connectivity index (χ4n) is 2.20. The van der Waals surface area contributed by atoms with Gasteiger partial charge in [-0.1, -0.05) is 12.1 Å². The summed E-state index contributed by atoms with van der Waals surface area (Å²) in [7, 11) is 0. The monoisotopic (exact) mass is 295 g/mol. The molecule has 110 valence electrons. The highest BCUT2D eigenvalue weighted by atomic mass is 32.1. The van der Waals surface area contributed by atoms with Crippen LogP contribution in [-0.4, -0.2) is 27.9 Å². The first-order chi connectivity index (χ1) is 9.52. The van der Waals surface area contributed by atoms with Crippen LogP contribution in [0.15, 0.2) is 22.0 Å². The first-order valence-corrected chi connectivity index (χ1v) is 7.77. The van der Waals surface area contributed by atoms with Crippen LogP contribution in [0.5, 0.6) is 0 Å². The predicted octanol–water partition coefficient (Wildman–Crippen LogP) is 2.40. The lowest BCUT2D eigenvalue weighted by Gasteiger charge is -2.33. The summed E-state index contributed by atoms with van der Waals surface area (Å²) in [5, 5.41) is 16.1. The standard InChI is InChI=1S/C14H21N3O2S/c1-3-14(2,12(15)16-19)13(18)17(11-4-5-11)8-10-6-7-20-9-10/h6-7,9,11,19H,3-5,8H2,1-2H3,(H2,15,16). The minimum atomic E-state index is -0.937. The Hall–Kier alpha value is -1.56. The third kappa shape index (κ3) is 2.80. The van der Waals surface area contributed by atoms with Crippen molar-refractivity contribution < 1.29 is 10.0 Å². The highest BCUT2D eigenvalue weighted by Crippen LogP contribution is 2.34. The van der Waals surface area contributed by atoms with Gasteiger partial charge in [0, 0.05) is 12.6 Å². The lowest BCUT2D eigenvalue weighted by atomic mass is 9.84. The molecule has 1 aromatic heterocycles. The molecule has 1 aliphatic rings. The van der Waals surface area contributed by atoms with Crippen molar-refractivity contribution in [2.75, 3.05) is 0 Å². The zero-order chi connectivity index (χ0) is 14.8. The van der Waals surface area contributed by atoms with E-state index in [1.165, 1.54) is 0 Å². The quantitative estimate of drug-likeness (QED) is 0.366. The van der Waals surface area contributed by atoms with Gasteiger partial charge in [0.25, 0.3) is 0 Å². The third-order valence-corrected chi connectivity index (χ3v) is 4.77. The van der Waals surface area contributed by atoms with Crippen LogP contribution in [0.2, 0.25) is 0 Å². The van der Waals surface area contributed by atoms with E-state index in [9.17, 15) is 4.79 Å². The van der Waals surface area contributed by atoms with E-state index in [0.717, 1.165) is 18.4 Å². The Balaban J connectivity index is 2.22. The van der Waals surface area contributed by atoms with Crippen molar-refractivity contribution in [1.29, 1.82) is 0 Å². The predicted molar refractivity (Wildman–Crippen MR) is 79.7 cm³/mol. The summed E-state index contributed by atoms with van der Waals surface area (Å²) in [5.74, 6) is -0.0648. The minimum absolute atomic E-state index is 0.0130. The molecule has 0 aliphatic heterocycles. The van der Waals surface area contributed by atoms with E-state index in [4.69, 9.17) is 10.9 Å². The van der Waals surface area contributed by atoms with E-state index in [1.807, 2.05) is 23.3 Å². The van der Waals surface area contributed by atoms with E-state index >= 15 is 0 Å². The van der Waals surface area contributed by atoms with Gasteiger partial charge in [-0.05, 0) is 48.6 Å². The van der Waals surface area contributed by atoms with E-state index < -0.39 is 5.41 Å². The molecule has 0 bridgehead atoms. The van der Waals surface area contributed by atoms with Crippen LogP contribution < -0.4 is 5.73 Å². The van der Waals surface area contributed by atoms with Crippen LogP contribution in [0, 0.1) is 5.41 Å². The molecule has 6 heteroatoms. The average molecular weight is 295 g/mol. The first kappa shape index (κ1) is 14.8. The van der Waals surface area contributed by atoms with Gasteiger partial charge in [0.2, 0.25) is 5.91 Å². The second kappa shape index (κ2) is 5.83. The van der Waals surface area contributed by atoms with E-state index in [2.05, 4.69) is 10.5 Å². The topological polar surface area (TPSA) is 78.9 Å². The molecule has 1 aliphatic carbocycles. The highest BCUT2D eigenvalue weighted by molar-refractivity contribution is 7.07. The van der Waals surface area contributed by atoms with Crippen molar-refractivity contribution >= 4 is 23.1 Å². The second-order valence-electron chi connectivity index (χ2n) is 5.47. The molecule has 1 amide bonds. The van der Waals surface area contributed by atoms with Crippen molar-refractivity contribution in [3.05, 3.63) is 22.4 Å². The van der Waals surface area contributed by atoms with Crippen LogP contribution in [0.1, 0.15) is 38.7 Å². The molecule has 1 heterocycles. The lowest BCUT2D eigenvalue weighted by Crippen LogP contribution is -2.50. The Morgan fingerprint density at radius 2 is 2.35 bits per heavy atom. The van der Waals surface area contributed by atoms with Gasteiger partial charge in [-0.2, -0.15) is 11.3 Å². The van der Waals surface area contributed by atoms with Crippen LogP contribution in [0.25, 0.3) is 0 Å². The van der Waals surface area contributed by atoms with Crippen molar-refractivity contribution in [3.63, 3.8) is 0 Å². The van der Waals surface area contributed by atoms with Gasteiger partial charge in [0.05, 0.1) is 0 Å². The van der Waals surface area contributed by atoms with Gasteiger partial charge < -0.3 is 15.8 Å². The zero-order valence-corrected chi connectivity index (χ0v) is 12.7. The molecule has 2 rings (SSSR count). The summed E-state index contributed by atoms with van der Waals surface area (Å²) in [6.45, 7) is 4.22. The van der Waals surface area contributed by atoms with Crippen LogP contribution in [0.4, 0.5) is 0 Å². The maximum absolute atomic E-state index is 12.9. The van der Waals surface area contributed by atoms with Gasteiger partial charge >= 0.3 is 0 Å². The fourth-order valence-corrected chi connectivity index (χ4v) is 2.86. The Morgan fingerprint density at radius 3 is 2.80 bits per heavy atom. The summed E-state index contributed by atoms with van der Waals surface area (Å²) in [6.07, 6.45) is 2.58. The number of thiophene rings is 1.